The average molecular weight is 538 g/mol. The largest absolute Gasteiger partial charge is 0.252 e. The SMILES string of the molecule is Cc1nc2ccc(Br)cc2c(-c2ccccc2)c1C1=NN(S(C)(=O)=O)C(c2ccccc2F)C1. The fourth-order valence-electron chi connectivity index (χ4n) is 4.54. The van der Waals surface area contributed by atoms with Crippen LogP contribution in [-0.2, 0) is 10.0 Å². The van der Waals surface area contributed by atoms with E-state index >= 15 is 0 Å². The van der Waals surface area contributed by atoms with Crippen molar-refractivity contribution in [2.75, 3.05) is 6.26 Å². The van der Waals surface area contributed by atoms with Gasteiger partial charge in [-0.2, -0.15) is 9.52 Å². The Hall–Kier alpha value is -3.10. The van der Waals surface area contributed by atoms with Crippen LogP contribution in [0, 0.1) is 12.7 Å². The number of pyridine rings is 1. The zero-order chi connectivity index (χ0) is 24.0. The predicted octanol–water partition coefficient (Wildman–Crippen LogP) is 6.22. The Morgan fingerprint density at radius 1 is 1.00 bits per heavy atom. The van der Waals surface area contributed by atoms with Crippen LogP contribution in [0.3, 0.4) is 0 Å². The monoisotopic (exact) mass is 537 g/mol. The van der Waals surface area contributed by atoms with Gasteiger partial charge in [0, 0.05) is 38.7 Å². The summed E-state index contributed by atoms with van der Waals surface area (Å²) in [6.45, 7) is 1.90. The quantitative estimate of drug-likeness (QED) is 0.310. The van der Waals surface area contributed by atoms with Crippen molar-refractivity contribution in [2.24, 2.45) is 5.10 Å². The molecule has 0 radical (unpaired) electrons. The summed E-state index contributed by atoms with van der Waals surface area (Å²) in [4.78, 5) is 4.81. The first kappa shape index (κ1) is 22.7. The van der Waals surface area contributed by atoms with E-state index in [9.17, 15) is 12.8 Å². The van der Waals surface area contributed by atoms with E-state index in [4.69, 9.17) is 4.98 Å². The van der Waals surface area contributed by atoms with Gasteiger partial charge in [-0.15, -0.1) is 0 Å². The lowest BCUT2D eigenvalue weighted by Gasteiger charge is -2.21. The summed E-state index contributed by atoms with van der Waals surface area (Å²) in [5.41, 5.74) is 5.07. The number of rotatable bonds is 4. The molecular formula is C26H21BrFN3O2S. The number of benzene rings is 3. The van der Waals surface area contributed by atoms with E-state index in [1.165, 1.54) is 6.07 Å². The molecule has 34 heavy (non-hydrogen) atoms. The predicted molar refractivity (Wildman–Crippen MR) is 137 cm³/mol. The summed E-state index contributed by atoms with van der Waals surface area (Å²) >= 11 is 3.56. The van der Waals surface area contributed by atoms with Crippen LogP contribution in [0.1, 0.15) is 29.3 Å². The molecule has 0 saturated carbocycles. The summed E-state index contributed by atoms with van der Waals surface area (Å²) in [5, 5.41) is 5.47. The van der Waals surface area contributed by atoms with Gasteiger partial charge in [0.05, 0.1) is 23.5 Å². The third-order valence-electron chi connectivity index (χ3n) is 5.96. The number of fused-ring (bicyclic) bond motifs is 1. The number of sulfonamides is 1. The van der Waals surface area contributed by atoms with Crippen LogP contribution >= 0.6 is 15.9 Å². The lowest BCUT2D eigenvalue weighted by Crippen LogP contribution is -2.26. The van der Waals surface area contributed by atoms with Crippen LogP contribution in [0.5, 0.6) is 0 Å². The molecule has 5 nitrogen and oxygen atoms in total. The van der Waals surface area contributed by atoms with Crippen LogP contribution in [0.25, 0.3) is 22.0 Å². The lowest BCUT2D eigenvalue weighted by molar-refractivity contribution is 0.365. The molecule has 1 unspecified atom stereocenters. The van der Waals surface area contributed by atoms with Gasteiger partial charge < -0.3 is 0 Å². The molecule has 0 saturated heterocycles. The Morgan fingerprint density at radius 2 is 1.71 bits per heavy atom. The van der Waals surface area contributed by atoms with Crippen molar-refractivity contribution in [3.8, 4) is 11.1 Å². The smallest absolute Gasteiger partial charge is 0.247 e. The van der Waals surface area contributed by atoms with Crippen molar-refractivity contribution in [3.05, 3.63) is 99.9 Å². The summed E-state index contributed by atoms with van der Waals surface area (Å²) in [6, 6.07) is 21.2. The first-order valence-corrected chi connectivity index (χ1v) is 13.3. The van der Waals surface area contributed by atoms with E-state index in [1.807, 2.05) is 55.5 Å². The second-order valence-electron chi connectivity index (χ2n) is 8.30. The zero-order valence-electron chi connectivity index (χ0n) is 18.5. The Labute approximate surface area is 206 Å². The molecule has 0 spiro atoms. The van der Waals surface area contributed by atoms with Crippen molar-refractivity contribution >= 4 is 42.6 Å². The molecule has 1 aliphatic heterocycles. The molecule has 3 aromatic carbocycles. The zero-order valence-corrected chi connectivity index (χ0v) is 20.9. The average Bonchev–Trinajstić information content (AvgIpc) is 3.25. The van der Waals surface area contributed by atoms with Crippen LogP contribution in [0.2, 0.25) is 0 Å². The molecule has 1 aromatic heterocycles. The molecule has 5 rings (SSSR count). The van der Waals surface area contributed by atoms with E-state index < -0.39 is 21.9 Å². The van der Waals surface area contributed by atoms with Gasteiger partial charge in [0.1, 0.15) is 5.82 Å². The van der Waals surface area contributed by atoms with E-state index in [0.717, 1.165) is 48.4 Å². The Morgan fingerprint density at radius 3 is 2.41 bits per heavy atom. The molecule has 8 heteroatoms. The molecule has 0 bridgehead atoms. The molecule has 0 aliphatic carbocycles. The van der Waals surface area contributed by atoms with Crippen molar-refractivity contribution in [3.63, 3.8) is 0 Å². The van der Waals surface area contributed by atoms with Gasteiger partial charge in [0.2, 0.25) is 10.0 Å². The van der Waals surface area contributed by atoms with Gasteiger partial charge >= 0.3 is 0 Å². The van der Waals surface area contributed by atoms with Crippen LogP contribution in [0.4, 0.5) is 4.39 Å². The van der Waals surface area contributed by atoms with Gasteiger partial charge in [-0.25, -0.2) is 12.8 Å². The van der Waals surface area contributed by atoms with E-state index in [1.54, 1.807) is 18.2 Å². The fraction of sp³-hybridized carbons (Fsp3) is 0.154. The number of hydrogen-bond donors (Lipinski definition) is 0. The topological polar surface area (TPSA) is 62.6 Å². The van der Waals surface area contributed by atoms with Crippen molar-refractivity contribution in [2.45, 2.75) is 19.4 Å². The van der Waals surface area contributed by atoms with Gasteiger partial charge in [-0.3, -0.25) is 4.98 Å². The molecule has 0 N–H and O–H groups in total. The number of hydrogen-bond acceptors (Lipinski definition) is 4. The van der Waals surface area contributed by atoms with Crippen LogP contribution < -0.4 is 0 Å². The normalized spacial score (nSPS) is 16.2. The standard InChI is InChI=1S/C26H21BrFN3O2S/c1-16-25(23-15-24(31(30-23)34(2,32)33)19-10-6-7-11-21(19)28)26(17-8-4-3-5-9-17)20-14-18(27)12-13-22(20)29-16/h3-14,24H,15H2,1-2H3. The minimum absolute atomic E-state index is 0.232. The number of nitrogens with zero attached hydrogens (tertiary/aromatic N) is 3. The minimum atomic E-state index is -3.75. The highest BCUT2D eigenvalue weighted by Crippen LogP contribution is 2.41. The van der Waals surface area contributed by atoms with Gasteiger partial charge in [-0.05, 0) is 36.8 Å². The summed E-state index contributed by atoms with van der Waals surface area (Å²) in [5.74, 6) is -0.460. The number of aromatic nitrogens is 1. The summed E-state index contributed by atoms with van der Waals surface area (Å²) < 4.78 is 42.0. The summed E-state index contributed by atoms with van der Waals surface area (Å²) in [7, 11) is -3.75. The highest BCUT2D eigenvalue weighted by molar-refractivity contribution is 9.10. The lowest BCUT2D eigenvalue weighted by atomic mass is 9.89. The minimum Gasteiger partial charge on any atom is -0.252 e. The molecule has 1 aliphatic rings. The van der Waals surface area contributed by atoms with Crippen molar-refractivity contribution in [1.82, 2.24) is 9.40 Å². The van der Waals surface area contributed by atoms with Gasteiger partial charge in [0.25, 0.3) is 0 Å². The third kappa shape index (κ3) is 4.01. The maximum absolute atomic E-state index is 14.7. The molecule has 0 fully saturated rings. The first-order valence-electron chi connectivity index (χ1n) is 10.7. The maximum Gasteiger partial charge on any atom is 0.247 e. The van der Waals surface area contributed by atoms with E-state index in [-0.39, 0.29) is 6.42 Å². The highest BCUT2D eigenvalue weighted by Gasteiger charge is 2.37. The first-order chi connectivity index (χ1) is 16.2. The second-order valence-corrected chi connectivity index (χ2v) is 11.1. The molecular weight excluding hydrogens is 517 g/mol. The van der Waals surface area contributed by atoms with E-state index in [0.29, 0.717) is 11.3 Å². The molecule has 0 amide bonds. The van der Waals surface area contributed by atoms with E-state index in [2.05, 4.69) is 21.0 Å². The highest BCUT2D eigenvalue weighted by atomic mass is 79.9. The Balaban J connectivity index is 1.78. The molecule has 1 atom stereocenters. The molecule has 4 aromatic rings. The molecule has 172 valence electrons. The number of halogens is 2. The Kier molecular flexibility index (Phi) is 5.73. The maximum atomic E-state index is 14.7. The number of aryl methyl sites for hydroxylation is 1. The molecule has 2 heterocycles. The van der Waals surface area contributed by atoms with Gasteiger partial charge in [0.15, 0.2) is 0 Å². The second kappa shape index (κ2) is 8.60. The third-order valence-corrected chi connectivity index (χ3v) is 7.46. The number of hydrazone groups is 1. The summed E-state index contributed by atoms with van der Waals surface area (Å²) in [6.07, 6.45) is 1.32. The van der Waals surface area contributed by atoms with Crippen molar-refractivity contribution < 1.29 is 12.8 Å². The van der Waals surface area contributed by atoms with Crippen LogP contribution in [0.15, 0.2) is 82.4 Å². The van der Waals surface area contributed by atoms with Crippen molar-refractivity contribution in [1.29, 1.82) is 0 Å². The van der Waals surface area contributed by atoms with Crippen LogP contribution in [-0.4, -0.2) is 29.8 Å². The Bertz CT molecular complexity index is 1560. The fourth-order valence-corrected chi connectivity index (χ4v) is 5.80. The van der Waals surface area contributed by atoms with Gasteiger partial charge in [-0.1, -0.05) is 64.5 Å².